The first-order valence-corrected chi connectivity index (χ1v) is 8.40. The highest BCUT2D eigenvalue weighted by Crippen LogP contribution is 2.18. The van der Waals surface area contributed by atoms with Gasteiger partial charge in [-0.1, -0.05) is 41.8 Å². The van der Waals surface area contributed by atoms with E-state index in [-0.39, 0.29) is 5.91 Å². The van der Waals surface area contributed by atoms with Crippen molar-refractivity contribution in [2.45, 2.75) is 45.4 Å². The fraction of sp³-hybridized carbons (Fsp3) is 0.500. The third-order valence-corrected chi connectivity index (χ3v) is 4.26. The van der Waals surface area contributed by atoms with Gasteiger partial charge in [-0.25, -0.2) is 0 Å². The molecule has 2 aromatic rings. The predicted molar refractivity (Wildman–Crippen MR) is 87.8 cm³/mol. The van der Waals surface area contributed by atoms with Crippen molar-refractivity contribution in [1.29, 1.82) is 0 Å². The first-order chi connectivity index (χ1) is 11.2. The average Bonchev–Trinajstić information content (AvgIpc) is 2.86. The lowest BCUT2D eigenvalue weighted by atomic mass is 10.1. The normalized spacial score (nSPS) is 15.4. The van der Waals surface area contributed by atoms with Crippen molar-refractivity contribution < 1.29 is 9.32 Å². The summed E-state index contributed by atoms with van der Waals surface area (Å²) in [5.41, 5.74) is 2.10. The molecular weight excluding hydrogens is 290 g/mol. The van der Waals surface area contributed by atoms with Gasteiger partial charge in [0.2, 0.25) is 17.6 Å². The van der Waals surface area contributed by atoms with Gasteiger partial charge in [-0.3, -0.25) is 4.79 Å². The summed E-state index contributed by atoms with van der Waals surface area (Å²) in [6, 6.07) is 7.99. The van der Waals surface area contributed by atoms with Gasteiger partial charge in [0.15, 0.2) is 0 Å². The summed E-state index contributed by atoms with van der Waals surface area (Å²) in [6.07, 6.45) is 5.64. The van der Waals surface area contributed by atoms with Gasteiger partial charge in [0.05, 0.1) is 0 Å². The molecule has 5 heteroatoms. The number of aryl methyl sites for hydroxylation is 2. The lowest BCUT2D eigenvalue weighted by Gasteiger charge is -2.19. The largest absolute Gasteiger partial charge is 0.343 e. The Labute approximate surface area is 136 Å². The number of carbonyl (C=O) groups excluding carboxylic acids is 1. The van der Waals surface area contributed by atoms with E-state index in [1.807, 2.05) is 36.1 Å². The highest BCUT2D eigenvalue weighted by atomic mass is 16.5. The maximum atomic E-state index is 12.3. The fourth-order valence-electron chi connectivity index (χ4n) is 2.95. The van der Waals surface area contributed by atoms with E-state index in [1.54, 1.807) is 0 Å². The van der Waals surface area contributed by atoms with Crippen LogP contribution in [0.25, 0.3) is 11.4 Å². The zero-order chi connectivity index (χ0) is 16.1. The molecule has 0 spiro atoms. The number of aromatic nitrogens is 2. The van der Waals surface area contributed by atoms with E-state index in [4.69, 9.17) is 4.52 Å². The van der Waals surface area contributed by atoms with Crippen molar-refractivity contribution in [3.63, 3.8) is 0 Å². The third kappa shape index (κ3) is 4.18. The van der Waals surface area contributed by atoms with E-state index in [0.717, 1.165) is 37.1 Å². The van der Waals surface area contributed by atoms with Crippen LogP contribution in [-0.2, 0) is 11.2 Å². The molecule has 0 unspecified atom stereocenters. The molecule has 5 nitrogen and oxygen atoms in total. The number of hydrogen-bond acceptors (Lipinski definition) is 4. The Kier molecular flexibility index (Phi) is 5.05. The van der Waals surface area contributed by atoms with Crippen molar-refractivity contribution in [2.24, 2.45) is 0 Å². The van der Waals surface area contributed by atoms with Gasteiger partial charge in [0.1, 0.15) is 0 Å². The van der Waals surface area contributed by atoms with Crippen LogP contribution in [0.2, 0.25) is 0 Å². The van der Waals surface area contributed by atoms with Crippen LogP contribution >= 0.6 is 0 Å². The molecule has 2 heterocycles. The van der Waals surface area contributed by atoms with E-state index in [0.29, 0.717) is 24.6 Å². The van der Waals surface area contributed by atoms with Gasteiger partial charge in [-0.15, -0.1) is 0 Å². The lowest BCUT2D eigenvalue weighted by Crippen LogP contribution is -2.31. The molecule has 0 atom stereocenters. The fourth-order valence-corrected chi connectivity index (χ4v) is 2.95. The minimum Gasteiger partial charge on any atom is -0.343 e. The first-order valence-electron chi connectivity index (χ1n) is 8.40. The molecule has 1 aromatic carbocycles. The molecule has 0 radical (unpaired) electrons. The predicted octanol–water partition coefficient (Wildman–Crippen LogP) is 3.38. The number of likely N-dealkylation sites (tertiary alicyclic amines) is 1. The Bertz CT molecular complexity index is 658. The van der Waals surface area contributed by atoms with E-state index in [2.05, 4.69) is 10.1 Å². The van der Waals surface area contributed by atoms with Crippen molar-refractivity contribution in [1.82, 2.24) is 15.0 Å². The zero-order valence-electron chi connectivity index (χ0n) is 13.6. The van der Waals surface area contributed by atoms with Crippen LogP contribution in [0.1, 0.15) is 43.6 Å². The summed E-state index contributed by atoms with van der Waals surface area (Å²) < 4.78 is 5.29. The number of carbonyl (C=O) groups is 1. The number of benzene rings is 1. The van der Waals surface area contributed by atoms with Crippen molar-refractivity contribution in [3.05, 3.63) is 35.7 Å². The molecule has 1 aromatic heterocycles. The van der Waals surface area contributed by atoms with Gasteiger partial charge < -0.3 is 9.42 Å². The summed E-state index contributed by atoms with van der Waals surface area (Å²) in [5, 5.41) is 4.02. The van der Waals surface area contributed by atoms with Crippen LogP contribution in [0.3, 0.4) is 0 Å². The topological polar surface area (TPSA) is 59.2 Å². The molecule has 1 saturated heterocycles. The van der Waals surface area contributed by atoms with Crippen LogP contribution in [-0.4, -0.2) is 34.0 Å². The van der Waals surface area contributed by atoms with E-state index in [9.17, 15) is 4.79 Å². The second-order valence-corrected chi connectivity index (χ2v) is 6.18. The van der Waals surface area contributed by atoms with E-state index < -0.39 is 0 Å². The highest BCUT2D eigenvalue weighted by Gasteiger charge is 2.17. The Hall–Kier alpha value is -2.17. The Morgan fingerprint density at radius 1 is 1.22 bits per heavy atom. The van der Waals surface area contributed by atoms with Gasteiger partial charge in [0, 0.05) is 31.5 Å². The van der Waals surface area contributed by atoms with Crippen LogP contribution < -0.4 is 0 Å². The van der Waals surface area contributed by atoms with Crippen LogP contribution in [0.15, 0.2) is 28.8 Å². The van der Waals surface area contributed by atoms with Crippen molar-refractivity contribution in [2.75, 3.05) is 13.1 Å². The summed E-state index contributed by atoms with van der Waals surface area (Å²) in [5.74, 6) is 1.32. The second-order valence-electron chi connectivity index (χ2n) is 6.18. The zero-order valence-corrected chi connectivity index (χ0v) is 13.6. The minimum absolute atomic E-state index is 0.196. The van der Waals surface area contributed by atoms with Gasteiger partial charge in [0.25, 0.3) is 0 Å². The van der Waals surface area contributed by atoms with Crippen molar-refractivity contribution >= 4 is 5.91 Å². The quantitative estimate of drug-likeness (QED) is 0.868. The molecule has 0 saturated carbocycles. The number of rotatable bonds is 4. The average molecular weight is 313 g/mol. The van der Waals surface area contributed by atoms with Gasteiger partial charge in [-0.05, 0) is 25.8 Å². The Balaban J connectivity index is 1.57. The molecule has 122 valence electrons. The lowest BCUT2D eigenvalue weighted by molar-refractivity contribution is -0.131. The maximum absolute atomic E-state index is 12.3. The summed E-state index contributed by atoms with van der Waals surface area (Å²) in [4.78, 5) is 18.7. The summed E-state index contributed by atoms with van der Waals surface area (Å²) in [7, 11) is 0. The molecule has 1 aliphatic rings. The highest BCUT2D eigenvalue weighted by molar-refractivity contribution is 5.76. The number of nitrogens with zero attached hydrogens (tertiary/aromatic N) is 3. The smallest absolute Gasteiger partial charge is 0.227 e. The number of amides is 1. The molecule has 0 N–H and O–H groups in total. The van der Waals surface area contributed by atoms with Crippen LogP contribution in [0.5, 0.6) is 0 Å². The molecule has 0 bridgehead atoms. The molecule has 23 heavy (non-hydrogen) atoms. The molecular formula is C18H23N3O2. The van der Waals surface area contributed by atoms with Gasteiger partial charge in [-0.2, -0.15) is 4.98 Å². The Morgan fingerprint density at radius 2 is 2.00 bits per heavy atom. The second kappa shape index (κ2) is 7.40. The Morgan fingerprint density at radius 3 is 2.74 bits per heavy atom. The van der Waals surface area contributed by atoms with Crippen molar-refractivity contribution in [3.8, 4) is 11.4 Å². The molecule has 3 rings (SSSR count). The summed E-state index contributed by atoms with van der Waals surface area (Å²) in [6.45, 7) is 3.80. The van der Waals surface area contributed by atoms with Crippen LogP contribution in [0.4, 0.5) is 0 Å². The monoisotopic (exact) mass is 313 g/mol. The van der Waals surface area contributed by atoms with Gasteiger partial charge >= 0.3 is 0 Å². The van der Waals surface area contributed by atoms with E-state index in [1.165, 1.54) is 12.8 Å². The third-order valence-electron chi connectivity index (χ3n) is 4.26. The SMILES string of the molecule is Cc1cccc(-c2noc(CCC(=O)N3CCCCCC3)n2)c1. The van der Waals surface area contributed by atoms with E-state index >= 15 is 0 Å². The molecule has 1 fully saturated rings. The maximum Gasteiger partial charge on any atom is 0.227 e. The first kappa shape index (κ1) is 15.7. The molecule has 1 aliphatic heterocycles. The summed E-state index contributed by atoms with van der Waals surface area (Å²) >= 11 is 0. The molecule has 0 aliphatic carbocycles. The van der Waals surface area contributed by atoms with Crippen LogP contribution in [0, 0.1) is 6.92 Å². The standard InChI is InChI=1S/C18H23N3O2/c1-14-7-6-8-15(13-14)18-19-16(23-20-18)9-10-17(22)21-11-4-2-3-5-12-21/h6-8,13H,2-5,9-12H2,1H3. The minimum atomic E-state index is 0.196. The number of hydrogen-bond donors (Lipinski definition) is 0. The molecule has 1 amide bonds.